The molecule has 0 spiro atoms. The molecule has 10 heteroatoms. The molecule has 0 saturated carbocycles. The Hall–Kier alpha value is -2.33. The number of furan rings is 1. The molecule has 3 aromatic rings. The molecule has 0 atom stereocenters. The molecule has 0 aliphatic heterocycles. The van der Waals surface area contributed by atoms with E-state index in [1.54, 1.807) is 19.1 Å². The minimum absolute atomic E-state index is 0.0493. The molecule has 0 radical (unpaired) electrons. The number of benzene rings is 1. The first-order chi connectivity index (χ1) is 11.8. The summed E-state index contributed by atoms with van der Waals surface area (Å²) in [5.41, 5.74) is 1.43. The van der Waals surface area contributed by atoms with Gasteiger partial charge in [-0.1, -0.05) is 21.0 Å². The number of hydrogen-bond acceptors (Lipinski definition) is 7. The van der Waals surface area contributed by atoms with Gasteiger partial charge in [-0.25, -0.2) is 13.1 Å². The highest BCUT2D eigenvalue weighted by molar-refractivity contribution is 9.10. The largest absolute Gasteiger partial charge is 0.495 e. The predicted octanol–water partition coefficient (Wildman–Crippen LogP) is 3.52. The Labute approximate surface area is 152 Å². The highest BCUT2D eigenvalue weighted by atomic mass is 79.9. The molecule has 0 saturated heterocycles. The topological polar surface area (TPSA) is 107 Å². The number of nitrogens with one attached hydrogen (secondary N) is 1. The van der Waals surface area contributed by atoms with Crippen LogP contribution in [0.3, 0.4) is 0 Å². The first-order valence-electron chi connectivity index (χ1n) is 7.06. The van der Waals surface area contributed by atoms with Crippen molar-refractivity contribution in [3.63, 3.8) is 0 Å². The van der Waals surface area contributed by atoms with E-state index in [9.17, 15) is 8.42 Å². The van der Waals surface area contributed by atoms with E-state index < -0.39 is 10.0 Å². The minimum Gasteiger partial charge on any atom is -0.495 e. The molecular weight excluding hydrogens is 414 g/mol. The number of aryl methyl sites for hydroxylation is 2. The second-order valence-corrected chi connectivity index (χ2v) is 7.67. The van der Waals surface area contributed by atoms with Crippen molar-refractivity contribution >= 4 is 32.0 Å². The lowest BCUT2D eigenvalue weighted by Gasteiger charge is -2.11. The SMILES string of the molecule is COc1cc(C)c(Br)cc1S(=O)(=O)Nc1nnc(-c2ccoc2C)o1. The second-order valence-electron chi connectivity index (χ2n) is 5.16. The van der Waals surface area contributed by atoms with Gasteiger partial charge >= 0.3 is 6.01 Å². The van der Waals surface area contributed by atoms with Crippen LogP contribution in [0.5, 0.6) is 5.75 Å². The molecule has 2 aromatic heterocycles. The van der Waals surface area contributed by atoms with E-state index in [4.69, 9.17) is 13.6 Å². The molecule has 3 rings (SSSR count). The Morgan fingerprint density at radius 3 is 2.64 bits per heavy atom. The van der Waals surface area contributed by atoms with E-state index in [0.717, 1.165) is 5.56 Å². The highest BCUT2D eigenvalue weighted by Crippen LogP contribution is 2.32. The van der Waals surface area contributed by atoms with Crippen molar-refractivity contribution in [2.75, 3.05) is 11.8 Å². The molecule has 0 fully saturated rings. The Kier molecular flexibility index (Phi) is 4.56. The van der Waals surface area contributed by atoms with Crippen LogP contribution < -0.4 is 9.46 Å². The van der Waals surface area contributed by atoms with Crippen LogP contribution in [0.25, 0.3) is 11.5 Å². The van der Waals surface area contributed by atoms with Gasteiger partial charge in [-0.3, -0.25) is 0 Å². The van der Waals surface area contributed by atoms with Gasteiger partial charge < -0.3 is 13.6 Å². The zero-order valence-corrected chi connectivity index (χ0v) is 15.9. The van der Waals surface area contributed by atoms with Crippen molar-refractivity contribution in [1.82, 2.24) is 10.2 Å². The summed E-state index contributed by atoms with van der Waals surface area (Å²) < 4.78 is 43.9. The normalized spacial score (nSPS) is 11.5. The lowest BCUT2D eigenvalue weighted by molar-refractivity contribution is 0.402. The molecule has 8 nitrogen and oxygen atoms in total. The van der Waals surface area contributed by atoms with Gasteiger partial charge in [-0.2, -0.15) is 0 Å². The number of anilines is 1. The van der Waals surface area contributed by atoms with Crippen LogP contribution in [0.1, 0.15) is 11.3 Å². The van der Waals surface area contributed by atoms with Gasteiger partial charge in [0.2, 0.25) is 0 Å². The third-order valence-electron chi connectivity index (χ3n) is 3.47. The Morgan fingerprint density at radius 1 is 1.24 bits per heavy atom. The third-order valence-corrected chi connectivity index (χ3v) is 5.67. The van der Waals surface area contributed by atoms with Crippen molar-refractivity contribution in [3.05, 3.63) is 40.3 Å². The van der Waals surface area contributed by atoms with E-state index in [0.29, 0.717) is 15.8 Å². The fourth-order valence-corrected chi connectivity index (χ4v) is 3.75. The first kappa shape index (κ1) is 17.5. The fourth-order valence-electron chi connectivity index (χ4n) is 2.16. The van der Waals surface area contributed by atoms with E-state index in [1.165, 1.54) is 19.4 Å². The zero-order chi connectivity index (χ0) is 18.2. The van der Waals surface area contributed by atoms with Gasteiger partial charge in [0.05, 0.1) is 18.9 Å². The quantitative estimate of drug-likeness (QED) is 0.663. The Bertz CT molecular complexity index is 1030. The smallest absolute Gasteiger partial charge is 0.330 e. The maximum Gasteiger partial charge on any atom is 0.330 e. The molecule has 132 valence electrons. The first-order valence-corrected chi connectivity index (χ1v) is 9.34. The van der Waals surface area contributed by atoms with Crippen molar-refractivity contribution in [2.24, 2.45) is 0 Å². The summed E-state index contributed by atoms with van der Waals surface area (Å²) in [6.07, 6.45) is 1.48. The molecular formula is C15H14BrN3O5S. The average molecular weight is 428 g/mol. The monoisotopic (exact) mass is 427 g/mol. The van der Waals surface area contributed by atoms with Gasteiger partial charge in [0.1, 0.15) is 16.4 Å². The predicted molar refractivity (Wildman–Crippen MR) is 93.0 cm³/mol. The minimum atomic E-state index is -3.99. The van der Waals surface area contributed by atoms with Crippen LogP contribution in [-0.4, -0.2) is 25.7 Å². The average Bonchev–Trinajstić information content (AvgIpc) is 3.17. The van der Waals surface area contributed by atoms with Crippen molar-refractivity contribution < 1.29 is 22.0 Å². The van der Waals surface area contributed by atoms with Crippen molar-refractivity contribution in [2.45, 2.75) is 18.7 Å². The molecule has 1 N–H and O–H groups in total. The number of halogens is 1. The molecule has 0 bridgehead atoms. The molecule has 0 aliphatic carbocycles. The van der Waals surface area contributed by atoms with Crippen molar-refractivity contribution in [3.8, 4) is 17.2 Å². The number of nitrogens with zero attached hydrogens (tertiary/aromatic N) is 2. The summed E-state index contributed by atoms with van der Waals surface area (Å²) in [7, 11) is -2.59. The van der Waals surface area contributed by atoms with Crippen LogP contribution >= 0.6 is 15.9 Å². The highest BCUT2D eigenvalue weighted by Gasteiger charge is 2.24. The fraction of sp³-hybridized carbons (Fsp3) is 0.200. The summed E-state index contributed by atoms with van der Waals surface area (Å²) in [6.45, 7) is 3.56. The standard InChI is InChI=1S/C15H14BrN3O5S/c1-8-6-12(22-3)13(7-11(8)16)25(20,21)19-15-18-17-14(24-15)10-4-5-23-9(10)2/h4-7H,1-3H3,(H,18,19). The van der Waals surface area contributed by atoms with Crippen molar-refractivity contribution in [1.29, 1.82) is 0 Å². The Morgan fingerprint density at radius 2 is 2.00 bits per heavy atom. The molecule has 25 heavy (non-hydrogen) atoms. The number of ether oxygens (including phenoxy) is 1. The summed E-state index contributed by atoms with van der Waals surface area (Å²) >= 11 is 3.32. The number of rotatable bonds is 5. The zero-order valence-electron chi connectivity index (χ0n) is 13.5. The van der Waals surface area contributed by atoms with Crippen LogP contribution in [0.4, 0.5) is 6.01 Å². The van der Waals surface area contributed by atoms with Crippen LogP contribution in [-0.2, 0) is 10.0 Å². The number of hydrogen-bond donors (Lipinski definition) is 1. The van der Waals surface area contributed by atoms with Gasteiger partial charge in [-0.15, -0.1) is 5.10 Å². The Balaban J connectivity index is 1.94. The van der Waals surface area contributed by atoms with Crippen LogP contribution in [0.15, 0.2) is 42.7 Å². The summed E-state index contributed by atoms with van der Waals surface area (Å²) in [5.74, 6) is 0.946. The molecule has 1 aromatic carbocycles. The molecule has 0 unspecified atom stereocenters. The third kappa shape index (κ3) is 3.40. The van der Waals surface area contributed by atoms with Gasteiger partial charge in [0.25, 0.3) is 15.9 Å². The van der Waals surface area contributed by atoms with Crippen LogP contribution in [0, 0.1) is 13.8 Å². The number of sulfonamides is 1. The summed E-state index contributed by atoms with van der Waals surface area (Å²) in [5, 5.41) is 7.55. The maximum absolute atomic E-state index is 12.6. The van der Waals surface area contributed by atoms with Gasteiger partial charge in [0.15, 0.2) is 0 Å². The van der Waals surface area contributed by atoms with E-state index in [1.807, 2.05) is 6.92 Å². The maximum atomic E-state index is 12.6. The van der Waals surface area contributed by atoms with E-state index >= 15 is 0 Å². The molecule has 2 heterocycles. The number of methoxy groups -OCH3 is 1. The summed E-state index contributed by atoms with van der Waals surface area (Å²) in [6, 6.07) is 4.47. The summed E-state index contributed by atoms with van der Waals surface area (Å²) in [4.78, 5) is -0.0493. The molecule has 0 amide bonds. The van der Waals surface area contributed by atoms with E-state index in [-0.39, 0.29) is 22.6 Å². The second kappa shape index (κ2) is 6.52. The van der Waals surface area contributed by atoms with Crippen LogP contribution in [0.2, 0.25) is 0 Å². The van der Waals surface area contributed by atoms with Gasteiger partial charge in [-0.05, 0) is 37.6 Å². The number of aromatic nitrogens is 2. The van der Waals surface area contributed by atoms with E-state index in [2.05, 4.69) is 30.8 Å². The molecule has 0 aliphatic rings. The lowest BCUT2D eigenvalue weighted by atomic mass is 10.2. The van der Waals surface area contributed by atoms with Gasteiger partial charge in [0, 0.05) is 4.47 Å². The lowest BCUT2D eigenvalue weighted by Crippen LogP contribution is -2.14.